The topological polar surface area (TPSA) is 86.3 Å². The van der Waals surface area contributed by atoms with E-state index in [1.807, 2.05) is 0 Å². The van der Waals surface area contributed by atoms with Gasteiger partial charge in [-0.25, -0.2) is 0 Å². The van der Waals surface area contributed by atoms with Gasteiger partial charge in [0.05, 0.1) is 21.3 Å². The van der Waals surface area contributed by atoms with Gasteiger partial charge in [0, 0.05) is 44.8 Å². The van der Waals surface area contributed by atoms with Gasteiger partial charge >= 0.3 is 0 Å². The maximum absolute atomic E-state index is 12.9. The fraction of sp³-hybridized carbons (Fsp3) is 0.600. The molecule has 0 radical (unpaired) electrons. The van der Waals surface area contributed by atoms with E-state index < -0.39 is 0 Å². The van der Waals surface area contributed by atoms with E-state index in [1.165, 1.54) is 21.3 Å². The maximum Gasteiger partial charge on any atom is 0.254 e. The molecule has 0 unspecified atom stereocenters. The minimum absolute atomic E-state index is 0.0518. The number of nitrogens with zero attached hydrogens (tertiary/aromatic N) is 1. The van der Waals surface area contributed by atoms with Crippen molar-refractivity contribution < 1.29 is 28.5 Å². The monoisotopic (exact) mass is 394 g/mol. The molecule has 1 aliphatic heterocycles. The smallest absolute Gasteiger partial charge is 0.254 e. The summed E-state index contributed by atoms with van der Waals surface area (Å²) in [6.07, 6.45) is 2.08. The summed E-state index contributed by atoms with van der Waals surface area (Å²) in [7, 11) is 6.19. The van der Waals surface area contributed by atoms with E-state index in [4.69, 9.17) is 18.9 Å². The van der Waals surface area contributed by atoms with Gasteiger partial charge in [0.15, 0.2) is 11.5 Å². The molecule has 1 aromatic carbocycles. The Morgan fingerprint density at radius 1 is 1.04 bits per heavy atom. The third-order valence-electron chi connectivity index (χ3n) is 4.89. The molecule has 0 saturated carbocycles. The van der Waals surface area contributed by atoms with Crippen molar-refractivity contribution in [2.24, 2.45) is 5.92 Å². The van der Waals surface area contributed by atoms with E-state index in [0.29, 0.717) is 61.9 Å². The molecule has 1 aromatic rings. The van der Waals surface area contributed by atoms with Gasteiger partial charge in [-0.15, -0.1) is 0 Å². The quantitative estimate of drug-likeness (QED) is 0.642. The van der Waals surface area contributed by atoms with Crippen LogP contribution in [0, 0.1) is 5.92 Å². The molecule has 2 amide bonds. The summed E-state index contributed by atoms with van der Waals surface area (Å²) in [5.41, 5.74) is 0.469. The third kappa shape index (κ3) is 5.28. The van der Waals surface area contributed by atoms with Crippen molar-refractivity contribution in [2.45, 2.75) is 19.3 Å². The first-order valence-corrected chi connectivity index (χ1v) is 9.41. The lowest BCUT2D eigenvalue weighted by Crippen LogP contribution is -2.43. The van der Waals surface area contributed by atoms with Gasteiger partial charge in [0.1, 0.15) is 0 Å². The predicted molar refractivity (Wildman–Crippen MR) is 104 cm³/mol. The van der Waals surface area contributed by atoms with Crippen molar-refractivity contribution in [3.63, 3.8) is 0 Å². The van der Waals surface area contributed by atoms with Crippen LogP contribution >= 0.6 is 0 Å². The van der Waals surface area contributed by atoms with Crippen LogP contribution in [0.1, 0.15) is 29.6 Å². The highest BCUT2D eigenvalue weighted by molar-refractivity contribution is 5.96. The number of rotatable bonds is 9. The summed E-state index contributed by atoms with van der Waals surface area (Å²) in [4.78, 5) is 26.9. The van der Waals surface area contributed by atoms with Gasteiger partial charge in [-0.2, -0.15) is 0 Å². The molecule has 1 heterocycles. The Balaban J connectivity index is 1.97. The standard InChI is InChI=1S/C20H30N2O6/c1-25-11-5-8-21-19(23)14-6-9-22(10-7-14)20(24)15-12-16(26-2)18(28-4)17(13-15)27-3/h12-14H,5-11H2,1-4H3,(H,21,23). The van der Waals surface area contributed by atoms with E-state index in [9.17, 15) is 9.59 Å². The molecule has 0 aromatic heterocycles. The van der Waals surface area contributed by atoms with Crippen LogP contribution < -0.4 is 19.5 Å². The Bertz CT molecular complexity index is 646. The molecular weight excluding hydrogens is 364 g/mol. The summed E-state index contributed by atoms with van der Waals surface area (Å²) < 4.78 is 20.9. The first kappa shape index (κ1) is 21.8. The largest absolute Gasteiger partial charge is 0.493 e. The minimum Gasteiger partial charge on any atom is -0.493 e. The van der Waals surface area contributed by atoms with Crippen molar-refractivity contribution in [2.75, 3.05) is 54.7 Å². The molecule has 2 rings (SSSR count). The summed E-state index contributed by atoms with van der Waals surface area (Å²) in [5, 5.41) is 2.94. The van der Waals surface area contributed by atoms with Gasteiger partial charge in [-0.05, 0) is 31.4 Å². The second-order valence-corrected chi connectivity index (χ2v) is 6.62. The number of piperidine rings is 1. The highest BCUT2D eigenvalue weighted by Gasteiger charge is 2.28. The van der Waals surface area contributed by atoms with Gasteiger partial charge < -0.3 is 29.2 Å². The van der Waals surface area contributed by atoms with Crippen molar-refractivity contribution in [3.8, 4) is 17.2 Å². The van der Waals surface area contributed by atoms with E-state index in [-0.39, 0.29) is 17.7 Å². The Hall–Kier alpha value is -2.48. The SMILES string of the molecule is COCCCNC(=O)C1CCN(C(=O)c2cc(OC)c(OC)c(OC)c2)CC1. The summed E-state index contributed by atoms with van der Waals surface area (Å²) >= 11 is 0. The summed E-state index contributed by atoms with van der Waals surface area (Å²) in [5.74, 6) is 1.21. The highest BCUT2D eigenvalue weighted by atomic mass is 16.5. The number of hydrogen-bond acceptors (Lipinski definition) is 6. The minimum atomic E-state index is -0.113. The molecule has 0 atom stereocenters. The Morgan fingerprint density at radius 3 is 2.14 bits per heavy atom. The molecule has 0 aliphatic carbocycles. The number of hydrogen-bond donors (Lipinski definition) is 1. The lowest BCUT2D eigenvalue weighted by Gasteiger charge is -2.31. The average Bonchev–Trinajstić information content (AvgIpc) is 2.74. The number of ether oxygens (including phenoxy) is 4. The number of benzene rings is 1. The second-order valence-electron chi connectivity index (χ2n) is 6.62. The summed E-state index contributed by atoms with van der Waals surface area (Å²) in [6.45, 7) is 2.30. The van der Waals surface area contributed by atoms with Crippen LogP contribution in [0.2, 0.25) is 0 Å². The maximum atomic E-state index is 12.9. The van der Waals surface area contributed by atoms with Crippen molar-refractivity contribution in [3.05, 3.63) is 17.7 Å². The molecule has 1 saturated heterocycles. The Kier molecular flexibility index (Phi) is 8.38. The van der Waals surface area contributed by atoms with Crippen LogP contribution in [0.4, 0.5) is 0 Å². The zero-order chi connectivity index (χ0) is 20.5. The zero-order valence-electron chi connectivity index (χ0n) is 17.1. The van der Waals surface area contributed by atoms with Gasteiger partial charge in [0.2, 0.25) is 11.7 Å². The summed E-state index contributed by atoms with van der Waals surface area (Å²) in [6, 6.07) is 3.30. The first-order chi connectivity index (χ1) is 13.5. The number of amides is 2. The molecular formula is C20H30N2O6. The number of nitrogens with one attached hydrogen (secondary N) is 1. The number of likely N-dealkylation sites (tertiary alicyclic amines) is 1. The zero-order valence-corrected chi connectivity index (χ0v) is 17.1. The Morgan fingerprint density at radius 2 is 1.64 bits per heavy atom. The van der Waals surface area contributed by atoms with E-state index in [0.717, 1.165) is 6.42 Å². The van der Waals surface area contributed by atoms with Crippen LogP contribution in [0.5, 0.6) is 17.2 Å². The van der Waals surface area contributed by atoms with Crippen LogP contribution in [0.15, 0.2) is 12.1 Å². The number of carbonyl (C=O) groups excluding carboxylic acids is 2. The fourth-order valence-corrected chi connectivity index (χ4v) is 3.30. The molecule has 156 valence electrons. The number of methoxy groups -OCH3 is 4. The third-order valence-corrected chi connectivity index (χ3v) is 4.89. The molecule has 8 nitrogen and oxygen atoms in total. The normalized spacial score (nSPS) is 14.5. The average molecular weight is 394 g/mol. The van der Waals surface area contributed by atoms with Crippen LogP contribution in [-0.2, 0) is 9.53 Å². The molecule has 28 heavy (non-hydrogen) atoms. The first-order valence-electron chi connectivity index (χ1n) is 9.41. The van der Waals surface area contributed by atoms with E-state index in [1.54, 1.807) is 24.1 Å². The lowest BCUT2D eigenvalue weighted by molar-refractivity contribution is -0.126. The van der Waals surface area contributed by atoms with Gasteiger partial charge in [0.25, 0.3) is 5.91 Å². The van der Waals surface area contributed by atoms with E-state index in [2.05, 4.69) is 5.32 Å². The second kappa shape index (κ2) is 10.8. The Labute approximate surface area is 166 Å². The van der Waals surface area contributed by atoms with Crippen molar-refractivity contribution in [1.82, 2.24) is 10.2 Å². The lowest BCUT2D eigenvalue weighted by atomic mass is 9.95. The van der Waals surface area contributed by atoms with E-state index >= 15 is 0 Å². The van der Waals surface area contributed by atoms with Crippen LogP contribution in [0.3, 0.4) is 0 Å². The highest BCUT2D eigenvalue weighted by Crippen LogP contribution is 2.38. The molecule has 0 spiro atoms. The fourth-order valence-electron chi connectivity index (χ4n) is 3.30. The molecule has 1 aliphatic rings. The van der Waals surface area contributed by atoms with Crippen LogP contribution in [-0.4, -0.2) is 71.4 Å². The van der Waals surface area contributed by atoms with Gasteiger partial charge in [-0.1, -0.05) is 0 Å². The number of carbonyl (C=O) groups is 2. The van der Waals surface area contributed by atoms with Crippen LogP contribution in [0.25, 0.3) is 0 Å². The predicted octanol–water partition coefficient (Wildman–Crippen LogP) is 1.72. The molecule has 8 heteroatoms. The van der Waals surface area contributed by atoms with Gasteiger partial charge in [-0.3, -0.25) is 9.59 Å². The molecule has 0 bridgehead atoms. The molecule has 1 fully saturated rings. The molecule has 1 N–H and O–H groups in total. The van der Waals surface area contributed by atoms with Crippen molar-refractivity contribution >= 4 is 11.8 Å². The van der Waals surface area contributed by atoms with Crippen molar-refractivity contribution in [1.29, 1.82) is 0 Å².